The summed E-state index contributed by atoms with van der Waals surface area (Å²) in [5.41, 5.74) is 8.77. The lowest BCUT2D eigenvalue weighted by Crippen LogP contribution is -1.93. The number of anilines is 1. The van der Waals surface area contributed by atoms with Crippen LogP contribution in [0, 0.1) is 6.92 Å². The number of phenols is 2. The first-order chi connectivity index (χ1) is 7.61. The molecule has 0 saturated carbocycles. The summed E-state index contributed by atoms with van der Waals surface area (Å²) in [6.07, 6.45) is 0. The van der Waals surface area contributed by atoms with Gasteiger partial charge in [0.1, 0.15) is 0 Å². The highest BCUT2D eigenvalue weighted by atomic mass is 16.3. The molecule has 0 fully saturated rings. The van der Waals surface area contributed by atoms with Crippen LogP contribution in [-0.4, -0.2) is 10.2 Å². The number of nitrogen functional groups attached to an aromatic ring is 1. The van der Waals surface area contributed by atoms with E-state index in [0.29, 0.717) is 11.3 Å². The first kappa shape index (κ1) is 10.4. The zero-order chi connectivity index (χ0) is 11.7. The molecule has 0 amide bonds. The van der Waals surface area contributed by atoms with Crippen LogP contribution in [0.2, 0.25) is 0 Å². The Bertz CT molecular complexity index is 486. The summed E-state index contributed by atoms with van der Waals surface area (Å²) in [6, 6.07) is 10.4. The highest BCUT2D eigenvalue weighted by Gasteiger charge is 2.11. The number of para-hydroxylation sites is 2. The van der Waals surface area contributed by atoms with Crippen molar-refractivity contribution in [2.75, 3.05) is 5.73 Å². The SMILES string of the molecule is Cc1cccc(-c2cccc(O)c2O)c1N. The van der Waals surface area contributed by atoms with E-state index in [9.17, 15) is 10.2 Å². The molecule has 0 saturated heterocycles. The lowest BCUT2D eigenvalue weighted by molar-refractivity contribution is 0.405. The van der Waals surface area contributed by atoms with E-state index < -0.39 is 0 Å². The standard InChI is InChI=1S/C13H13NO2/c1-8-4-2-5-9(12(8)14)10-6-3-7-11(15)13(10)16/h2-7,15-16H,14H2,1H3. The summed E-state index contributed by atoms with van der Waals surface area (Å²) in [5.74, 6) is -0.279. The van der Waals surface area contributed by atoms with Gasteiger partial charge in [-0.05, 0) is 18.6 Å². The average Bonchev–Trinajstić information content (AvgIpc) is 2.27. The molecule has 2 rings (SSSR count). The molecule has 0 aliphatic carbocycles. The van der Waals surface area contributed by atoms with E-state index in [2.05, 4.69) is 0 Å². The Hall–Kier alpha value is -2.16. The van der Waals surface area contributed by atoms with Crippen molar-refractivity contribution in [2.45, 2.75) is 6.92 Å². The Morgan fingerprint density at radius 1 is 0.938 bits per heavy atom. The smallest absolute Gasteiger partial charge is 0.165 e. The van der Waals surface area contributed by atoms with Gasteiger partial charge in [0.15, 0.2) is 11.5 Å². The molecule has 4 N–H and O–H groups in total. The van der Waals surface area contributed by atoms with E-state index in [4.69, 9.17) is 5.73 Å². The maximum Gasteiger partial charge on any atom is 0.165 e. The topological polar surface area (TPSA) is 66.5 Å². The van der Waals surface area contributed by atoms with Gasteiger partial charge in [0.05, 0.1) is 0 Å². The van der Waals surface area contributed by atoms with Crippen LogP contribution >= 0.6 is 0 Å². The average molecular weight is 215 g/mol. The van der Waals surface area contributed by atoms with Gasteiger partial charge in [0, 0.05) is 16.8 Å². The quantitative estimate of drug-likeness (QED) is 0.506. The summed E-state index contributed by atoms with van der Waals surface area (Å²) >= 11 is 0. The van der Waals surface area contributed by atoms with Gasteiger partial charge in [0.25, 0.3) is 0 Å². The molecule has 0 unspecified atom stereocenters. The zero-order valence-electron chi connectivity index (χ0n) is 8.94. The molecule has 2 aromatic rings. The highest BCUT2D eigenvalue weighted by molar-refractivity contribution is 5.83. The van der Waals surface area contributed by atoms with Crippen LogP contribution in [-0.2, 0) is 0 Å². The van der Waals surface area contributed by atoms with Gasteiger partial charge in [-0.25, -0.2) is 0 Å². The molecule has 0 heterocycles. The Kier molecular flexibility index (Phi) is 2.44. The maximum atomic E-state index is 9.76. The molecule has 0 bridgehead atoms. The van der Waals surface area contributed by atoms with Crippen molar-refractivity contribution < 1.29 is 10.2 Å². The van der Waals surface area contributed by atoms with Crippen LogP contribution < -0.4 is 5.73 Å². The first-order valence-corrected chi connectivity index (χ1v) is 4.97. The summed E-state index contributed by atoms with van der Waals surface area (Å²) in [5, 5.41) is 19.2. The minimum atomic E-state index is -0.140. The summed E-state index contributed by atoms with van der Waals surface area (Å²) in [6.45, 7) is 1.90. The molecule has 0 spiro atoms. The minimum Gasteiger partial charge on any atom is -0.504 e. The summed E-state index contributed by atoms with van der Waals surface area (Å²) < 4.78 is 0. The van der Waals surface area contributed by atoms with E-state index in [0.717, 1.165) is 11.1 Å². The van der Waals surface area contributed by atoms with Gasteiger partial charge in [-0.3, -0.25) is 0 Å². The third-order valence-corrected chi connectivity index (χ3v) is 2.63. The molecule has 0 aliphatic heterocycles. The van der Waals surface area contributed by atoms with Gasteiger partial charge in [-0.15, -0.1) is 0 Å². The fourth-order valence-electron chi connectivity index (χ4n) is 1.66. The molecule has 0 radical (unpaired) electrons. The van der Waals surface area contributed by atoms with Gasteiger partial charge < -0.3 is 15.9 Å². The molecule has 3 nitrogen and oxygen atoms in total. The molecule has 0 aromatic heterocycles. The second kappa shape index (κ2) is 3.77. The fourth-order valence-corrected chi connectivity index (χ4v) is 1.66. The second-order valence-electron chi connectivity index (χ2n) is 3.71. The predicted octanol–water partition coefficient (Wildman–Crippen LogP) is 2.66. The van der Waals surface area contributed by atoms with Crippen LogP contribution in [0.25, 0.3) is 11.1 Å². The third kappa shape index (κ3) is 1.56. The monoisotopic (exact) mass is 215 g/mol. The second-order valence-corrected chi connectivity index (χ2v) is 3.71. The number of hydrogen-bond donors (Lipinski definition) is 3. The van der Waals surface area contributed by atoms with Crippen LogP contribution in [0.1, 0.15) is 5.56 Å². The van der Waals surface area contributed by atoms with Crippen molar-refractivity contribution in [1.29, 1.82) is 0 Å². The van der Waals surface area contributed by atoms with Crippen molar-refractivity contribution in [3.8, 4) is 22.6 Å². The van der Waals surface area contributed by atoms with Gasteiger partial charge >= 0.3 is 0 Å². The number of aryl methyl sites for hydroxylation is 1. The van der Waals surface area contributed by atoms with Crippen LogP contribution in [0.4, 0.5) is 5.69 Å². The third-order valence-electron chi connectivity index (χ3n) is 2.63. The number of nitrogens with two attached hydrogens (primary N) is 1. The van der Waals surface area contributed by atoms with Gasteiger partial charge in [-0.1, -0.05) is 30.3 Å². The van der Waals surface area contributed by atoms with Crippen molar-refractivity contribution in [3.05, 3.63) is 42.0 Å². The molecular weight excluding hydrogens is 202 g/mol. The van der Waals surface area contributed by atoms with Crippen LogP contribution in [0.5, 0.6) is 11.5 Å². The molecule has 3 heteroatoms. The summed E-state index contributed by atoms with van der Waals surface area (Å²) in [7, 11) is 0. The number of benzene rings is 2. The molecular formula is C13H13NO2. The maximum absolute atomic E-state index is 9.76. The molecule has 16 heavy (non-hydrogen) atoms. The number of hydrogen-bond acceptors (Lipinski definition) is 3. The Morgan fingerprint density at radius 3 is 2.31 bits per heavy atom. The number of phenolic OH excluding ortho intramolecular Hbond substituents is 2. The van der Waals surface area contributed by atoms with Gasteiger partial charge in [0.2, 0.25) is 0 Å². The lowest BCUT2D eigenvalue weighted by Gasteiger charge is -2.10. The Balaban J connectivity index is 2.68. The zero-order valence-corrected chi connectivity index (χ0v) is 8.94. The largest absolute Gasteiger partial charge is 0.504 e. The molecule has 0 aliphatic rings. The van der Waals surface area contributed by atoms with Crippen molar-refractivity contribution in [1.82, 2.24) is 0 Å². The van der Waals surface area contributed by atoms with Crippen molar-refractivity contribution >= 4 is 5.69 Å². The van der Waals surface area contributed by atoms with Crippen LogP contribution in [0.3, 0.4) is 0 Å². The van der Waals surface area contributed by atoms with E-state index in [1.807, 2.05) is 25.1 Å². The predicted molar refractivity (Wildman–Crippen MR) is 64.4 cm³/mol. The first-order valence-electron chi connectivity index (χ1n) is 4.97. The normalized spacial score (nSPS) is 10.3. The summed E-state index contributed by atoms with van der Waals surface area (Å²) in [4.78, 5) is 0. The van der Waals surface area contributed by atoms with Gasteiger partial charge in [-0.2, -0.15) is 0 Å². The molecule has 82 valence electrons. The van der Waals surface area contributed by atoms with Crippen molar-refractivity contribution in [2.24, 2.45) is 0 Å². The minimum absolute atomic E-state index is 0.139. The number of rotatable bonds is 1. The fraction of sp³-hybridized carbons (Fsp3) is 0.0769. The van der Waals surface area contributed by atoms with E-state index in [-0.39, 0.29) is 11.5 Å². The number of aromatic hydroxyl groups is 2. The molecule has 0 atom stereocenters. The van der Waals surface area contributed by atoms with E-state index in [1.165, 1.54) is 6.07 Å². The van der Waals surface area contributed by atoms with Crippen molar-refractivity contribution in [3.63, 3.8) is 0 Å². The van der Waals surface area contributed by atoms with E-state index in [1.54, 1.807) is 12.1 Å². The Labute approximate surface area is 93.8 Å². The Morgan fingerprint density at radius 2 is 1.56 bits per heavy atom. The lowest BCUT2D eigenvalue weighted by atomic mass is 10.00. The highest BCUT2D eigenvalue weighted by Crippen LogP contribution is 2.39. The molecule has 2 aromatic carbocycles. The van der Waals surface area contributed by atoms with E-state index >= 15 is 0 Å². The van der Waals surface area contributed by atoms with Crippen LogP contribution in [0.15, 0.2) is 36.4 Å².